The third-order valence-electron chi connectivity index (χ3n) is 3.03. The van der Waals surface area contributed by atoms with E-state index in [0.29, 0.717) is 12.6 Å². The number of rotatable bonds is 4. The van der Waals surface area contributed by atoms with E-state index in [-0.39, 0.29) is 18.2 Å². The smallest absolute Gasteiger partial charge is 0.223 e. The van der Waals surface area contributed by atoms with Gasteiger partial charge in [0.15, 0.2) is 0 Å². The number of nitrogens with one attached hydrogen (secondary N) is 1. The molecular weight excluding hydrogens is 216 g/mol. The minimum absolute atomic E-state index is 0.121. The van der Waals surface area contributed by atoms with E-state index in [4.69, 9.17) is 10.5 Å². The Morgan fingerprint density at radius 2 is 2.06 bits per heavy atom. The normalized spacial score (nSPS) is 27.6. The Labute approximate surface area is 102 Å². The second-order valence-electron chi connectivity index (χ2n) is 4.54. The van der Waals surface area contributed by atoms with Crippen LogP contribution in [-0.4, -0.2) is 34.8 Å². The van der Waals surface area contributed by atoms with Gasteiger partial charge in [0, 0.05) is 24.0 Å². The molecule has 5 nitrogen and oxygen atoms in total. The van der Waals surface area contributed by atoms with E-state index in [0.717, 1.165) is 17.8 Å². The maximum Gasteiger partial charge on any atom is 0.223 e. The topological polar surface area (TPSA) is 73.1 Å². The molecule has 0 amide bonds. The maximum absolute atomic E-state index is 5.97. The lowest BCUT2D eigenvalue weighted by Crippen LogP contribution is -2.60. The lowest BCUT2D eigenvalue weighted by Gasteiger charge is -2.42. The molecule has 0 bridgehead atoms. The molecule has 5 heteroatoms. The molecule has 94 valence electrons. The molecule has 1 aliphatic rings. The van der Waals surface area contributed by atoms with Gasteiger partial charge in [-0.1, -0.05) is 0 Å². The minimum atomic E-state index is 0.121. The molecule has 0 spiro atoms. The standard InChI is InChI=1S/C12H20N4O/c1-4-17-10-6-9(13)11(10)16-12-14-7(2)5-8(3)15-12/h5,9-11H,4,6,13H2,1-3H3,(H,14,15,16). The summed E-state index contributed by atoms with van der Waals surface area (Å²) in [4.78, 5) is 8.70. The fourth-order valence-corrected chi connectivity index (χ4v) is 2.17. The molecule has 3 atom stereocenters. The Morgan fingerprint density at radius 1 is 1.41 bits per heavy atom. The quantitative estimate of drug-likeness (QED) is 0.816. The maximum atomic E-state index is 5.97. The number of anilines is 1. The third kappa shape index (κ3) is 2.73. The van der Waals surface area contributed by atoms with Crippen molar-refractivity contribution in [1.29, 1.82) is 0 Å². The first-order valence-electron chi connectivity index (χ1n) is 6.06. The van der Waals surface area contributed by atoms with E-state index < -0.39 is 0 Å². The van der Waals surface area contributed by atoms with Gasteiger partial charge < -0.3 is 15.8 Å². The summed E-state index contributed by atoms with van der Waals surface area (Å²) in [6.45, 7) is 6.62. The van der Waals surface area contributed by atoms with Gasteiger partial charge in [-0.25, -0.2) is 9.97 Å². The summed E-state index contributed by atoms with van der Waals surface area (Å²) in [6, 6.07) is 2.19. The zero-order valence-electron chi connectivity index (χ0n) is 10.6. The van der Waals surface area contributed by atoms with Gasteiger partial charge >= 0.3 is 0 Å². The van der Waals surface area contributed by atoms with Gasteiger partial charge in [-0.05, 0) is 33.3 Å². The Balaban J connectivity index is 2.04. The number of ether oxygens (including phenoxy) is 1. The average Bonchev–Trinajstić information content (AvgIpc) is 2.25. The zero-order valence-corrected chi connectivity index (χ0v) is 10.6. The molecule has 0 radical (unpaired) electrons. The molecule has 17 heavy (non-hydrogen) atoms. The van der Waals surface area contributed by atoms with E-state index in [1.54, 1.807) is 0 Å². The van der Waals surface area contributed by atoms with Gasteiger partial charge in [0.1, 0.15) is 0 Å². The molecule has 0 aromatic carbocycles. The Morgan fingerprint density at radius 3 is 2.59 bits per heavy atom. The van der Waals surface area contributed by atoms with E-state index in [2.05, 4.69) is 15.3 Å². The summed E-state index contributed by atoms with van der Waals surface area (Å²) < 4.78 is 5.60. The van der Waals surface area contributed by atoms with Crippen LogP contribution in [-0.2, 0) is 4.74 Å². The number of nitrogens with two attached hydrogens (primary N) is 1. The highest BCUT2D eigenvalue weighted by molar-refractivity contribution is 5.32. The van der Waals surface area contributed by atoms with E-state index in [1.165, 1.54) is 0 Å². The van der Waals surface area contributed by atoms with Gasteiger partial charge in [-0.2, -0.15) is 0 Å². The Hall–Kier alpha value is -1.20. The first kappa shape index (κ1) is 12.3. The van der Waals surface area contributed by atoms with Crippen LogP contribution in [0, 0.1) is 13.8 Å². The number of nitrogens with zero attached hydrogens (tertiary/aromatic N) is 2. The van der Waals surface area contributed by atoms with Crippen LogP contribution in [0.1, 0.15) is 24.7 Å². The molecule has 0 aliphatic heterocycles. The fourth-order valence-electron chi connectivity index (χ4n) is 2.17. The van der Waals surface area contributed by atoms with Gasteiger partial charge in [-0.3, -0.25) is 0 Å². The van der Waals surface area contributed by atoms with Crippen LogP contribution in [0.4, 0.5) is 5.95 Å². The van der Waals surface area contributed by atoms with Crippen molar-refractivity contribution >= 4 is 5.95 Å². The number of hydrogen-bond donors (Lipinski definition) is 2. The summed E-state index contributed by atoms with van der Waals surface area (Å²) >= 11 is 0. The van der Waals surface area contributed by atoms with Crippen molar-refractivity contribution in [3.05, 3.63) is 17.5 Å². The van der Waals surface area contributed by atoms with E-state index in [1.807, 2.05) is 26.8 Å². The van der Waals surface area contributed by atoms with Gasteiger partial charge in [0.25, 0.3) is 0 Å². The van der Waals surface area contributed by atoms with Crippen molar-refractivity contribution in [2.75, 3.05) is 11.9 Å². The molecule has 1 fully saturated rings. The SMILES string of the molecule is CCOC1CC(N)C1Nc1nc(C)cc(C)n1. The highest BCUT2D eigenvalue weighted by Gasteiger charge is 2.39. The lowest BCUT2D eigenvalue weighted by atomic mass is 9.83. The van der Waals surface area contributed by atoms with Gasteiger partial charge in [-0.15, -0.1) is 0 Å². The second-order valence-corrected chi connectivity index (χ2v) is 4.54. The summed E-state index contributed by atoms with van der Waals surface area (Å²) in [6.07, 6.45) is 1.08. The molecule has 1 heterocycles. The monoisotopic (exact) mass is 236 g/mol. The van der Waals surface area contributed by atoms with Crippen molar-refractivity contribution in [1.82, 2.24) is 9.97 Å². The molecule has 0 saturated heterocycles. The molecule has 3 N–H and O–H groups in total. The van der Waals surface area contributed by atoms with Crippen LogP contribution in [0.3, 0.4) is 0 Å². The molecule has 1 saturated carbocycles. The lowest BCUT2D eigenvalue weighted by molar-refractivity contribution is -0.0128. The largest absolute Gasteiger partial charge is 0.376 e. The van der Waals surface area contributed by atoms with Crippen LogP contribution in [0.25, 0.3) is 0 Å². The first-order valence-corrected chi connectivity index (χ1v) is 6.06. The van der Waals surface area contributed by atoms with Crippen LogP contribution in [0.2, 0.25) is 0 Å². The van der Waals surface area contributed by atoms with Crippen LogP contribution in [0.5, 0.6) is 0 Å². The molecule has 1 aromatic rings. The van der Waals surface area contributed by atoms with Crippen molar-refractivity contribution in [2.24, 2.45) is 5.73 Å². The van der Waals surface area contributed by atoms with Crippen LogP contribution < -0.4 is 11.1 Å². The predicted octanol–water partition coefficient (Wildman–Crippen LogP) is 1.01. The predicted molar refractivity (Wildman–Crippen MR) is 66.9 cm³/mol. The van der Waals surface area contributed by atoms with E-state index >= 15 is 0 Å². The van der Waals surface area contributed by atoms with Gasteiger partial charge in [0.2, 0.25) is 5.95 Å². The summed E-state index contributed by atoms with van der Waals surface area (Å²) in [5.74, 6) is 0.646. The molecular formula is C12H20N4O. The van der Waals surface area contributed by atoms with Crippen LogP contribution in [0.15, 0.2) is 6.07 Å². The Bertz CT molecular complexity index is 374. The molecule has 1 aliphatic carbocycles. The average molecular weight is 236 g/mol. The molecule has 1 aromatic heterocycles. The summed E-state index contributed by atoms with van der Waals surface area (Å²) in [5, 5.41) is 3.27. The second kappa shape index (κ2) is 4.98. The van der Waals surface area contributed by atoms with Crippen molar-refractivity contribution in [3.63, 3.8) is 0 Å². The number of hydrogen-bond acceptors (Lipinski definition) is 5. The molecule has 2 rings (SSSR count). The highest BCUT2D eigenvalue weighted by Crippen LogP contribution is 2.25. The minimum Gasteiger partial charge on any atom is -0.376 e. The third-order valence-corrected chi connectivity index (χ3v) is 3.03. The number of aromatic nitrogens is 2. The first-order chi connectivity index (χ1) is 8.10. The zero-order chi connectivity index (χ0) is 12.4. The van der Waals surface area contributed by atoms with Crippen molar-refractivity contribution < 1.29 is 4.74 Å². The van der Waals surface area contributed by atoms with Crippen molar-refractivity contribution in [3.8, 4) is 0 Å². The highest BCUT2D eigenvalue weighted by atomic mass is 16.5. The fraction of sp³-hybridized carbons (Fsp3) is 0.667. The summed E-state index contributed by atoms with van der Waals surface area (Å²) in [7, 11) is 0. The molecule has 3 unspecified atom stereocenters. The Kier molecular flexibility index (Phi) is 3.59. The van der Waals surface area contributed by atoms with Gasteiger partial charge in [0.05, 0.1) is 12.1 Å². The van der Waals surface area contributed by atoms with E-state index in [9.17, 15) is 0 Å². The van der Waals surface area contributed by atoms with Crippen LogP contribution >= 0.6 is 0 Å². The summed E-state index contributed by atoms with van der Waals surface area (Å²) in [5.41, 5.74) is 7.89. The number of aryl methyl sites for hydroxylation is 2. The van der Waals surface area contributed by atoms with Crippen molar-refractivity contribution in [2.45, 2.75) is 45.4 Å².